The van der Waals surface area contributed by atoms with Gasteiger partial charge in [-0.05, 0) is 145 Å². The normalized spacial score (nSPS) is 10.9. The van der Waals surface area contributed by atoms with E-state index in [1.165, 1.54) is 16.7 Å². The molecule has 6 aromatic rings. The van der Waals surface area contributed by atoms with Crippen LogP contribution in [0.15, 0.2) is 72.8 Å². The van der Waals surface area contributed by atoms with Crippen LogP contribution in [0.5, 0.6) is 69.0 Å². The molecule has 0 N–H and O–H groups in total. The van der Waals surface area contributed by atoms with Crippen molar-refractivity contribution in [1.29, 1.82) is 0 Å². The first-order valence-electron chi connectivity index (χ1n) is 33.1. The Morgan fingerprint density at radius 1 is 0.258 bits per heavy atom. The van der Waals surface area contributed by atoms with Gasteiger partial charge in [0.1, 0.15) is 69.0 Å². The van der Waals surface area contributed by atoms with Crippen LogP contribution < -0.4 is 56.8 Å². The van der Waals surface area contributed by atoms with Gasteiger partial charge in [-0.3, -0.25) is 0 Å². The summed E-state index contributed by atoms with van der Waals surface area (Å²) in [6.07, 6.45) is 2.70. The Labute approximate surface area is 538 Å². The van der Waals surface area contributed by atoms with Crippen LogP contribution in [0.25, 0.3) is 22.3 Å². The maximum atomic E-state index is 6.19. The lowest BCUT2D eigenvalue weighted by atomic mass is 9.78. The second kappa shape index (κ2) is 38.5. The zero-order chi connectivity index (χ0) is 66.4. The van der Waals surface area contributed by atoms with Gasteiger partial charge in [-0.25, -0.2) is 0 Å². The van der Waals surface area contributed by atoms with Crippen molar-refractivity contribution in [3.63, 3.8) is 0 Å². The molecule has 0 amide bonds. The van der Waals surface area contributed by atoms with Gasteiger partial charge in [-0.15, -0.1) is 0 Å². The Balaban J connectivity index is 0.000000314. The number of hydrogen-bond acceptors (Lipinski definition) is 12. The summed E-state index contributed by atoms with van der Waals surface area (Å²) in [4.78, 5) is 0. The molecular weight excluding hydrogens is 1120 g/mol. The Bertz CT molecular complexity index is 2760. The summed E-state index contributed by atoms with van der Waals surface area (Å²) >= 11 is 0. The highest BCUT2D eigenvalue weighted by atomic mass is 16.5. The van der Waals surface area contributed by atoms with Gasteiger partial charge in [0.2, 0.25) is 0 Å². The third-order valence-electron chi connectivity index (χ3n) is 14.3. The van der Waals surface area contributed by atoms with Crippen LogP contribution in [0.3, 0.4) is 0 Å². The molecule has 6 aromatic carbocycles. The highest BCUT2D eigenvalue weighted by Crippen LogP contribution is 2.52. The molecule has 12 nitrogen and oxygen atoms in total. The van der Waals surface area contributed by atoms with Crippen molar-refractivity contribution in [2.75, 3.05) is 79.3 Å². The molecule has 0 radical (unpaired) electrons. The monoisotopic (exact) mass is 1230 g/mol. The SMILES string of the molecule is CCOc1c(C)c(OCC)c(C)c(OCC)c1C.CCOc1c(CC)c(OCC)c(CC)c(OCC)c1CC.CCOc1cc(OCC)c(-c2ccccc2)c(OCC)c1-c1ccccc1.CCOc1cc(OCC)c(C(C)(C)C)c(OCC)c1C(C)(C)C. The van der Waals surface area contributed by atoms with Crippen molar-refractivity contribution < 1.29 is 56.8 Å². The molecule has 0 aliphatic heterocycles. The van der Waals surface area contributed by atoms with Gasteiger partial charge in [0.05, 0.1) is 90.4 Å². The predicted octanol–water partition coefficient (Wildman–Crippen LogP) is 20.1. The van der Waals surface area contributed by atoms with Crippen molar-refractivity contribution in [3.8, 4) is 91.2 Å². The summed E-state index contributed by atoms with van der Waals surface area (Å²) in [6.45, 7) is 57.2. The van der Waals surface area contributed by atoms with Crippen LogP contribution in [0.2, 0.25) is 0 Å². The van der Waals surface area contributed by atoms with E-state index in [9.17, 15) is 0 Å². The molecule has 0 fully saturated rings. The van der Waals surface area contributed by atoms with Crippen LogP contribution in [-0.2, 0) is 30.1 Å². The molecule has 0 saturated carbocycles. The van der Waals surface area contributed by atoms with E-state index in [0.717, 1.165) is 138 Å². The Morgan fingerprint density at radius 3 is 0.730 bits per heavy atom. The van der Waals surface area contributed by atoms with E-state index in [1.54, 1.807) is 0 Å². The van der Waals surface area contributed by atoms with Crippen molar-refractivity contribution in [3.05, 3.63) is 117 Å². The van der Waals surface area contributed by atoms with E-state index < -0.39 is 0 Å². The van der Waals surface area contributed by atoms with Gasteiger partial charge in [-0.2, -0.15) is 0 Å². The lowest BCUT2D eigenvalue weighted by Gasteiger charge is -2.32. The average molecular weight is 1230 g/mol. The number of hydrogen-bond donors (Lipinski definition) is 0. The van der Waals surface area contributed by atoms with Gasteiger partial charge in [0.15, 0.2) is 0 Å². The fourth-order valence-corrected chi connectivity index (χ4v) is 11.1. The minimum Gasteiger partial charge on any atom is -0.493 e. The van der Waals surface area contributed by atoms with Crippen molar-refractivity contribution in [2.45, 2.75) is 196 Å². The molecular formula is C77H114O12. The quantitative estimate of drug-likeness (QED) is 0.0446. The molecule has 0 aromatic heterocycles. The zero-order valence-corrected chi connectivity index (χ0v) is 59.4. The summed E-state index contributed by atoms with van der Waals surface area (Å²) in [5.74, 6) is 10.5. The largest absolute Gasteiger partial charge is 0.493 e. The van der Waals surface area contributed by atoms with Gasteiger partial charge in [-0.1, -0.05) is 123 Å². The molecule has 0 aliphatic rings. The Hall–Kier alpha value is -7.08. The van der Waals surface area contributed by atoms with E-state index in [-0.39, 0.29) is 10.8 Å². The van der Waals surface area contributed by atoms with E-state index in [0.29, 0.717) is 79.3 Å². The minimum absolute atomic E-state index is 0.0836. The lowest BCUT2D eigenvalue weighted by molar-refractivity contribution is 0.282. The van der Waals surface area contributed by atoms with Gasteiger partial charge < -0.3 is 56.8 Å². The Kier molecular flexibility index (Phi) is 32.9. The molecule has 0 spiro atoms. The average Bonchev–Trinajstić information content (AvgIpc) is 1.03. The Morgan fingerprint density at radius 2 is 0.483 bits per heavy atom. The molecule has 0 saturated heterocycles. The van der Waals surface area contributed by atoms with Gasteiger partial charge >= 0.3 is 0 Å². The molecule has 0 unspecified atom stereocenters. The topological polar surface area (TPSA) is 111 Å². The van der Waals surface area contributed by atoms with E-state index in [4.69, 9.17) is 56.8 Å². The van der Waals surface area contributed by atoms with Crippen molar-refractivity contribution in [1.82, 2.24) is 0 Å². The van der Waals surface area contributed by atoms with Crippen LogP contribution in [0.1, 0.15) is 190 Å². The first-order chi connectivity index (χ1) is 42.6. The summed E-state index contributed by atoms with van der Waals surface area (Å²) < 4.78 is 71.3. The predicted molar refractivity (Wildman–Crippen MR) is 370 cm³/mol. The maximum Gasteiger partial charge on any atom is 0.142 e. The van der Waals surface area contributed by atoms with Crippen LogP contribution >= 0.6 is 0 Å². The fraction of sp³-hybridized carbons (Fsp3) is 0.532. The van der Waals surface area contributed by atoms with Crippen molar-refractivity contribution >= 4 is 0 Å². The molecule has 6 rings (SSSR count). The molecule has 0 atom stereocenters. The summed E-state index contributed by atoms with van der Waals surface area (Å²) in [5.41, 5.74) is 12.8. The second-order valence-electron chi connectivity index (χ2n) is 22.7. The molecule has 494 valence electrons. The highest BCUT2D eigenvalue weighted by Gasteiger charge is 2.34. The molecule has 0 aliphatic carbocycles. The zero-order valence-electron chi connectivity index (χ0n) is 59.4. The third-order valence-corrected chi connectivity index (χ3v) is 14.3. The molecule has 12 heteroatoms. The third kappa shape index (κ3) is 20.0. The first-order valence-corrected chi connectivity index (χ1v) is 33.1. The van der Waals surface area contributed by atoms with E-state index >= 15 is 0 Å². The number of ether oxygens (including phenoxy) is 12. The fourth-order valence-electron chi connectivity index (χ4n) is 11.1. The van der Waals surface area contributed by atoms with Crippen molar-refractivity contribution in [2.24, 2.45) is 0 Å². The molecule has 0 bridgehead atoms. The molecule has 0 heterocycles. The minimum atomic E-state index is -0.0836. The van der Waals surface area contributed by atoms with E-state index in [1.807, 2.05) is 152 Å². The summed E-state index contributed by atoms with van der Waals surface area (Å²) in [6, 6.07) is 24.5. The van der Waals surface area contributed by atoms with Gasteiger partial charge in [0.25, 0.3) is 0 Å². The second-order valence-corrected chi connectivity index (χ2v) is 22.7. The first kappa shape index (κ1) is 76.2. The van der Waals surface area contributed by atoms with Crippen LogP contribution in [0.4, 0.5) is 0 Å². The maximum absolute atomic E-state index is 6.19. The highest BCUT2D eigenvalue weighted by molar-refractivity contribution is 5.90. The lowest BCUT2D eigenvalue weighted by Crippen LogP contribution is -2.22. The van der Waals surface area contributed by atoms with E-state index in [2.05, 4.69) is 86.6 Å². The van der Waals surface area contributed by atoms with Crippen LogP contribution in [-0.4, -0.2) is 79.3 Å². The van der Waals surface area contributed by atoms with Crippen LogP contribution in [0, 0.1) is 20.8 Å². The summed E-state index contributed by atoms with van der Waals surface area (Å²) in [5, 5.41) is 0. The molecule has 89 heavy (non-hydrogen) atoms. The summed E-state index contributed by atoms with van der Waals surface area (Å²) in [7, 11) is 0. The number of rotatable bonds is 29. The number of benzene rings is 6. The van der Waals surface area contributed by atoms with Gasteiger partial charge in [0, 0.05) is 56.6 Å². The smallest absolute Gasteiger partial charge is 0.142 e. The standard InChI is InChI=1S/C24H26O3.C20H34O3.C18H30O3.C15H24O3/c1-4-25-20-17-21(26-5-2)23(19-15-11-8-12-16-19)24(27-6-3)22(20)18-13-9-7-10-14-18;1-10-21-14-13-15(22-11-2)17(20(7,8)9)18(23-12-3)16(14)19(4,5)6;1-7-13-16(19-10-4)14(8-2)18(21-12-6)15(9-3)17(13)20-11-5;1-7-16-13-10(4)14(17-8-2)12(6)15(11(13)5)18-9-3/h7-17H,4-6H2,1-3H3;13H,10-12H2,1-9H3;7-12H2,1-6H3;7-9H2,1-6H3.